The summed E-state index contributed by atoms with van der Waals surface area (Å²) in [6.07, 6.45) is 3.72. The van der Waals surface area contributed by atoms with Crippen LogP contribution in [0.5, 0.6) is 0 Å². The van der Waals surface area contributed by atoms with Crippen molar-refractivity contribution in [2.24, 2.45) is 0 Å². The molecule has 0 radical (unpaired) electrons. The lowest BCUT2D eigenvalue weighted by Crippen LogP contribution is -2.03. The number of carboxylic acids is 1. The van der Waals surface area contributed by atoms with E-state index in [1.165, 1.54) is 0 Å². The largest absolute Gasteiger partial charge is 0.478 e. The van der Waals surface area contributed by atoms with Crippen LogP contribution in [0.25, 0.3) is 11.3 Å². The highest BCUT2D eigenvalue weighted by molar-refractivity contribution is 5.87. The highest BCUT2D eigenvalue weighted by atomic mass is 16.4. The third-order valence-corrected chi connectivity index (χ3v) is 3.84. The summed E-state index contributed by atoms with van der Waals surface area (Å²) >= 11 is 0. The molecule has 3 rings (SSSR count). The van der Waals surface area contributed by atoms with E-state index in [1.54, 1.807) is 22.9 Å². The van der Waals surface area contributed by atoms with Crippen molar-refractivity contribution in [2.45, 2.75) is 26.9 Å². The van der Waals surface area contributed by atoms with E-state index in [0.717, 1.165) is 29.1 Å². The molecule has 23 heavy (non-hydrogen) atoms. The van der Waals surface area contributed by atoms with E-state index in [0.29, 0.717) is 6.54 Å². The average molecular weight is 310 g/mol. The fourth-order valence-corrected chi connectivity index (χ4v) is 2.60. The molecule has 0 unspecified atom stereocenters. The number of hydrogen-bond acceptors (Lipinski definition) is 3. The van der Waals surface area contributed by atoms with Crippen LogP contribution in [0, 0.1) is 6.92 Å². The van der Waals surface area contributed by atoms with Gasteiger partial charge in [0.05, 0.1) is 24.0 Å². The van der Waals surface area contributed by atoms with E-state index >= 15 is 0 Å². The highest BCUT2D eigenvalue weighted by Gasteiger charge is 2.11. The van der Waals surface area contributed by atoms with E-state index in [4.69, 9.17) is 5.11 Å². The number of aryl methyl sites for hydroxylation is 1. The molecule has 0 aliphatic rings. The molecule has 0 aliphatic carbocycles. The minimum atomic E-state index is -0.921. The molecule has 0 atom stereocenters. The number of carboxylic acid groups (broad SMARTS) is 1. The number of aromatic nitrogens is 4. The Morgan fingerprint density at radius 2 is 2.13 bits per heavy atom. The third-order valence-electron chi connectivity index (χ3n) is 3.84. The molecule has 0 fully saturated rings. The van der Waals surface area contributed by atoms with E-state index in [9.17, 15) is 4.79 Å². The van der Waals surface area contributed by atoms with Gasteiger partial charge in [0.15, 0.2) is 0 Å². The predicted octanol–water partition coefficient (Wildman–Crippen LogP) is 2.82. The molecule has 6 heteroatoms. The van der Waals surface area contributed by atoms with Crippen LogP contribution in [0.3, 0.4) is 0 Å². The smallest absolute Gasteiger partial charge is 0.335 e. The van der Waals surface area contributed by atoms with Gasteiger partial charge in [-0.2, -0.15) is 10.2 Å². The Morgan fingerprint density at radius 1 is 1.30 bits per heavy atom. The maximum atomic E-state index is 11.0. The lowest BCUT2D eigenvalue weighted by atomic mass is 10.1. The Bertz CT molecular complexity index is 848. The first kappa shape index (κ1) is 15.0. The third kappa shape index (κ3) is 3.01. The van der Waals surface area contributed by atoms with Crippen molar-refractivity contribution in [2.75, 3.05) is 0 Å². The zero-order valence-electron chi connectivity index (χ0n) is 13.1. The molecule has 0 spiro atoms. The van der Waals surface area contributed by atoms with Crippen LogP contribution in [0.15, 0.2) is 42.7 Å². The van der Waals surface area contributed by atoms with E-state index in [2.05, 4.69) is 17.1 Å². The van der Waals surface area contributed by atoms with Crippen LogP contribution < -0.4 is 0 Å². The first-order valence-electron chi connectivity index (χ1n) is 7.47. The maximum Gasteiger partial charge on any atom is 0.335 e. The van der Waals surface area contributed by atoms with Crippen molar-refractivity contribution < 1.29 is 9.90 Å². The first-order chi connectivity index (χ1) is 11.1. The topological polar surface area (TPSA) is 72.9 Å². The molecule has 6 nitrogen and oxygen atoms in total. The summed E-state index contributed by atoms with van der Waals surface area (Å²) in [5.41, 5.74) is 4.17. The molecular weight excluding hydrogens is 292 g/mol. The van der Waals surface area contributed by atoms with Crippen LogP contribution in [-0.4, -0.2) is 30.6 Å². The molecule has 0 saturated carbocycles. The Labute approximate surface area is 134 Å². The SMILES string of the molecule is CCn1ncc(-c2ccn(Cc3cccc(C(=O)O)c3)n2)c1C. The molecule has 1 N–H and O–H groups in total. The Hall–Kier alpha value is -2.89. The second kappa shape index (κ2) is 6.08. The number of nitrogens with zero attached hydrogens (tertiary/aromatic N) is 4. The monoisotopic (exact) mass is 310 g/mol. The van der Waals surface area contributed by atoms with E-state index < -0.39 is 5.97 Å². The van der Waals surface area contributed by atoms with Crippen LogP contribution in [0.4, 0.5) is 0 Å². The number of benzene rings is 1. The normalized spacial score (nSPS) is 10.9. The van der Waals surface area contributed by atoms with Crippen LogP contribution in [0.1, 0.15) is 28.5 Å². The van der Waals surface area contributed by atoms with Gasteiger partial charge in [-0.25, -0.2) is 4.79 Å². The molecule has 2 aromatic heterocycles. The fourth-order valence-electron chi connectivity index (χ4n) is 2.60. The predicted molar refractivity (Wildman–Crippen MR) is 86.4 cm³/mol. The number of hydrogen-bond donors (Lipinski definition) is 1. The zero-order chi connectivity index (χ0) is 16.4. The van der Waals surface area contributed by atoms with Gasteiger partial charge in [0, 0.05) is 24.0 Å². The average Bonchev–Trinajstić information content (AvgIpc) is 3.13. The van der Waals surface area contributed by atoms with Crippen LogP contribution in [-0.2, 0) is 13.1 Å². The van der Waals surface area contributed by atoms with Gasteiger partial charge in [-0.05, 0) is 37.6 Å². The lowest BCUT2D eigenvalue weighted by molar-refractivity contribution is 0.0696. The van der Waals surface area contributed by atoms with Crippen LogP contribution >= 0.6 is 0 Å². The number of carbonyl (C=O) groups is 1. The van der Waals surface area contributed by atoms with Gasteiger partial charge in [-0.3, -0.25) is 9.36 Å². The summed E-state index contributed by atoms with van der Waals surface area (Å²) in [6.45, 7) is 5.44. The summed E-state index contributed by atoms with van der Waals surface area (Å²) < 4.78 is 3.74. The second-order valence-corrected chi connectivity index (χ2v) is 5.36. The van der Waals surface area contributed by atoms with Gasteiger partial charge in [-0.15, -0.1) is 0 Å². The number of rotatable bonds is 5. The highest BCUT2D eigenvalue weighted by Crippen LogP contribution is 2.21. The molecule has 2 heterocycles. The van der Waals surface area contributed by atoms with Gasteiger partial charge in [-0.1, -0.05) is 12.1 Å². The van der Waals surface area contributed by atoms with Crippen molar-refractivity contribution in [1.29, 1.82) is 0 Å². The lowest BCUT2D eigenvalue weighted by Gasteiger charge is -2.03. The van der Waals surface area contributed by atoms with Gasteiger partial charge in [0.1, 0.15) is 0 Å². The zero-order valence-corrected chi connectivity index (χ0v) is 13.1. The molecular formula is C17H18N4O2. The molecule has 0 amide bonds. The summed E-state index contributed by atoms with van der Waals surface area (Å²) in [5.74, 6) is -0.921. The summed E-state index contributed by atoms with van der Waals surface area (Å²) in [7, 11) is 0. The molecule has 118 valence electrons. The molecule has 0 bridgehead atoms. The van der Waals surface area contributed by atoms with Crippen molar-refractivity contribution >= 4 is 5.97 Å². The van der Waals surface area contributed by atoms with Crippen molar-refractivity contribution in [3.63, 3.8) is 0 Å². The van der Waals surface area contributed by atoms with Gasteiger partial charge >= 0.3 is 5.97 Å². The molecule has 3 aromatic rings. The van der Waals surface area contributed by atoms with E-state index in [1.807, 2.05) is 36.1 Å². The molecule has 1 aromatic carbocycles. The molecule has 0 aliphatic heterocycles. The summed E-state index contributed by atoms with van der Waals surface area (Å²) in [5, 5.41) is 18.0. The standard InChI is InChI=1S/C17H18N4O2/c1-3-21-12(2)15(10-18-21)16-7-8-20(19-16)11-13-5-4-6-14(9-13)17(22)23/h4-10H,3,11H2,1-2H3,(H,22,23). The van der Waals surface area contributed by atoms with Crippen molar-refractivity contribution in [1.82, 2.24) is 19.6 Å². The van der Waals surface area contributed by atoms with Crippen molar-refractivity contribution in [3.8, 4) is 11.3 Å². The van der Waals surface area contributed by atoms with Gasteiger partial charge in [0.25, 0.3) is 0 Å². The molecule has 0 saturated heterocycles. The first-order valence-corrected chi connectivity index (χ1v) is 7.47. The summed E-state index contributed by atoms with van der Waals surface area (Å²) in [6, 6.07) is 8.85. The fraction of sp³-hybridized carbons (Fsp3) is 0.235. The van der Waals surface area contributed by atoms with E-state index in [-0.39, 0.29) is 5.56 Å². The minimum absolute atomic E-state index is 0.287. The Kier molecular flexibility index (Phi) is 3.97. The van der Waals surface area contributed by atoms with Crippen LogP contribution in [0.2, 0.25) is 0 Å². The number of aromatic carboxylic acids is 1. The second-order valence-electron chi connectivity index (χ2n) is 5.36. The van der Waals surface area contributed by atoms with Gasteiger partial charge in [0.2, 0.25) is 0 Å². The minimum Gasteiger partial charge on any atom is -0.478 e. The quantitative estimate of drug-likeness (QED) is 0.786. The Morgan fingerprint density at radius 3 is 2.83 bits per heavy atom. The maximum absolute atomic E-state index is 11.0. The van der Waals surface area contributed by atoms with Crippen molar-refractivity contribution in [3.05, 3.63) is 59.5 Å². The Balaban J connectivity index is 1.83. The van der Waals surface area contributed by atoms with Gasteiger partial charge < -0.3 is 5.11 Å². The summed E-state index contributed by atoms with van der Waals surface area (Å²) in [4.78, 5) is 11.0.